The Bertz CT molecular complexity index is 1060. The standard InChI is InChI=1S/C18H14BrN3O3/c1-22-8-2-3-14(18(22)25)17(24)21-20-10-15-13-6-5-12(19)9-11(13)4-7-16(15)23/h2-10,23H,1H3,(H,21,24)/b20-10-. The molecule has 7 heteroatoms. The molecular weight excluding hydrogens is 386 g/mol. The molecule has 1 heterocycles. The molecule has 0 bridgehead atoms. The van der Waals surface area contributed by atoms with Crippen LogP contribution in [0, 0.1) is 0 Å². The number of hydrazone groups is 1. The smallest absolute Gasteiger partial charge is 0.276 e. The van der Waals surface area contributed by atoms with Gasteiger partial charge in [-0.05, 0) is 41.1 Å². The minimum Gasteiger partial charge on any atom is -0.507 e. The molecule has 3 aromatic rings. The van der Waals surface area contributed by atoms with Crippen molar-refractivity contribution in [3.05, 3.63) is 74.6 Å². The second kappa shape index (κ2) is 6.90. The lowest BCUT2D eigenvalue weighted by atomic mass is 10.0. The number of amides is 1. The van der Waals surface area contributed by atoms with Crippen LogP contribution in [0.25, 0.3) is 10.8 Å². The Balaban J connectivity index is 1.89. The zero-order valence-electron chi connectivity index (χ0n) is 13.2. The molecule has 0 saturated heterocycles. The first-order valence-electron chi connectivity index (χ1n) is 7.37. The Kier molecular flexibility index (Phi) is 4.67. The largest absolute Gasteiger partial charge is 0.507 e. The van der Waals surface area contributed by atoms with Gasteiger partial charge in [0, 0.05) is 23.3 Å². The third kappa shape index (κ3) is 3.46. The number of hydrogen-bond donors (Lipinski definition) is 2. The number of rotatable bonds is 3. The number of nitrogens with zero attached hydrogens (tertiary/aromatic N) is 2. The molecule has 2 N–H and O–H groups in total. The molecule has 0 aliphatic heterocycles. The minimum atomic E-state index is -0.611. The second-order valence-electron chi connectivity index (χ2n) is 5.40. The maximum Gasteiger partial charge on any atom is 0.276 e. The zero-order valence-corrected chi connectivity index (χ0v) is 14.8. The van der Waals surface area contributed by atoms with E-state index in [0.717, 1.165) is 15.2 Å². The van der Waals surface area contributed by atoms with Gasteiger partial charge in [-0.15, -0.1) is 0 Å². The molecule has 0 atom stereocenters. The molecule has 126 valence electrons. The van der Waals surface area contributed by atoms with Gasteiger partial charge < -0.3 is 9.67 Å². The van der Waals surface area contributed by atoms with Crippen LogP contribution in [0.15, 0.2) is 63.0 Å². The lowest BCUT2D eigenvalue weighted by molar-refractivity contribution is 0.0953. The number of phenols is 1. The van der Waals surface area contributed by atoms with E-state index in [2.05, 4.69) is 26.5 Å². The highest BCUT2D eigenvalue weighted by atomic mass is 79.9. The molecule has 0 unspecified atom stereocenters. The van der Waals surface area contributed by atoms with E-state index in [-0.39, 0.29) is 11.3 Å². The van der Waals surface area contributed by atoms with Gasteiger partial charge in [0.05, 0.1) is 6.21 Å². The van der Waals surface area contributed by atoms with Crippen molar-refractivity contribution in [1.82, 2.24) is 9.99 Å². The van der Waals surface area contributed by atoms with Gasteiger partial charge >= 0.3 is 0 Å². The Hall–Kier alpha value is -2.93. The van der Waals surface area contributed by atoms with Gasteiger partial charge in [0.25, 0.3) is 11.5 Å². The van der Waals surface area contributed by atoms with Crippen LogP contribution < -0.4 is 11.0 Å². The predicted molar refractivity (Wildman–Crippen MR) is 100 cm³/mol. The molecule has 6 nitrogen and oxygen atoms in total. The summed E-state index contributed by atoms with van der Waals surface area (Å²) in [6.07, 6.45) is 2.92. The molecule has 0 saturated carbocycles. The average Bonchev–Trinajstić information content (AvgIpc) is 2.59. The highest BCUT2D eigenvalue weighted by Crippen LogP contribution is 2.27. The van der Waals surface area contributed by atoms with Gasteiger partial charge in [0.2, 0.25) is 0 Å². The molecule has 0 aliphatic carbocycles. The number of aryl methyl sites for hydroxylation is 1. The Morgan fingerprint density at radius 2 is 2.08 bits per heavy atom. The third-order valence-corrected chi connectivity index (χ3v) is 4.22. The number of phenolic OH excluding ortho intramolecular Hbond substituents is 1. The molecule has 25 heavy (non-hydrogen) atoms. The zero-order chi connectivity index (χ0) is 18.0. The summed E-state index contributed by atoms with van der Waals surface area (Å²) in [6.45, 7) is 0. The van der Waals surface area contributed by atoms with Crippen molar-refractivity contribution in [2.24, 2.45) is 12.1 Å². The number of carbonyl (C=O) groups is 1. The third-order valence-electron chi connectivity index (χ3n) is 3.73. The Morgan fingerprint density at radius 3 is 2.88 bits per heavy atom. The highest BCUT2D eigenvalue weighted by molar-refractivity contribution is 9.10. The van der Waals surface area contributed by atoms with Gasteiger partial charge in [-0.1, -0.05) is 28.1 Å². The van der Waals surface area contributed by atoms with Gasteiger partial charge in [-0.25, -0.2) is 5.43 Å². The molecule has 0 aliphatic rings. The number of halogens is 1. The second-order valence-corrected chi connectivity index (χ2v) is 6.32. The number of nitrogens with one attached hydrogen (secondary N) is 1. The number of pyridine rings is 1. The first kappa shape index (κ1) is 16.9. The van der Waals surface area contributed by atoms with Crippen LogP contribution in [0.3, 0.4) is 0 Å². The summed E-state index contributed by atoms with van der Waals surface area (Å²) in [5.74, 6) is -0.566. The summed E-state index contributed by atoms with van der Waals surface area (Å²) in [6, 6.07) is 12.0. The minimum absolute atomic E-state index is 0.00628. The number of hydrogen-bond acceptors (Lipinski definition) is 4. The normalized spacial score (nSPS) is 11.1. The lowest BCUT2D eigenvalue weighted by Gasteiger charge is -2.06. The molecular formula is C18H14BrN3O3. The predicted octanol–water partition coefficient (Wildman–Crippen LogP) is 2.77. The van der Waals surface area contributed by atoms with Crippen molar-refractivity contribution in [2.45, 2.75) is 0 Å². The number of carbonyl (C=O) groups excluding carboxylic acids is 1. The summed E-state index contributed by atoms with van der Waals surface area (Å²) < 4.78 is 2.23. The fourth-order valence-corrected chi connectivity index (χ4v) is 2.81. The van der Waals surface area contributed by atoms with Crippen LogP contribution in [-0.2, 0) is 7.05 Å². The van der Waals surface area contributed by atoms with Crippen LogP contribution in [0.4, 0.5) is 0 Å². The van der Waals surface area contributed by atoms with Crippen molar-refractivity contribution in [2.75, 3.05) is 0 Å². The molecule has 0 fully saturated rings. The fraction of sp³-hybridized carbons (Fsp3) is 0.0556. The van der Waals surface area contributed by atoms with Crippen LogP contribution in [0.1, 0.15) is 15.9 Å². The Labute approximate surface area is 151 Å². The van der Waals surface area contributed by atoms with Crippen LogP contribution in [0.2, 0.25) is 0 Å². The van der Waals surface area contributed by atoms with E-state index in [4.69, 9.17) is 0 Å². The average molecular weight is 400 g/mol. The SMILES string of the molecule is Cn1cccc(C(=O)N/N=C\c2c(O)ccc3cc(Br)ccc23)c1=O. The monoisotopic (exact) mass is 399 g/mol. The highest BCUT2D eigenvalue weighted by Gasteiger charge is 2.10. The number of benzene rings is 2. The lowest BCUT2D eigenvalue weighted by Crippen LogP contribution is -2.29. The number of fused-ring (bicyclic) bond motifs is 1. The van der Waals surface area contributed by atoms with Crippen LogP contribution in [-0.4, -0.2) is 21.8 Å². The molecule has 1 aromatic heterocycles. The summed E-state index contributed by atoms with van der Waals surface area (Å²) in [5.41, 5.74) is 2.38. The maximum atomic E-state index is 12.1. The molecule has 0 spiro atoms. The summed E-state index contributed by atoms with van der Waals surface area (Å²) >= 11 is 3.40. The summed E-state index contributed by atoms with van der Waals surface area (Å²) in [7, 11) is 1.56. The van der Waals surface area contributed by atoms with Crippen molar-refractivity contribution in [1.29, 1.82) is 0 Å². The summed E-state index contributed by atoms with van der Waals surface area (Å²) in [4.78, 5) is 24.0. The van der Waals surface area contributed by atoms with E-state index in [1.807, 2.05) is 18.2 Å². The quantitative estimate of drug-likeness (QED) is 0.524. The van der Waals surface area contributed by atoms with E-state index in [1.54, 1.807) is 31.4 Å². The van der Waals surface area contributed by atoms with Gasteiger partial charge in [-0.3, -0.25) is 9.59 Å². The topological polar surface area (TPSA) is 83.7 Å². The first-order valence-corrected chi connectivity index (χ1v) is 8.17. The first-order chi connectivity index (χ1) is 12.0. The van der Waals surface area contributed by atoms with Crippen LogP contribution in [0.5, 0.6) is 5.75 Å². The molecule has 1 amide bonds. The van der Waals surface area contributed by atoms with Gasteiger partial charge in [0.1, 0.15) is 11.3 Å². The van der Waals surface area contributed by atoms with Crippen LogP contribution >= 0.6 is 15.9 Å². The van der Waals surface area contributed by atoms with E-state index in [0.29, 0.717) is 5.56 Å². The van der Waals surface area contributed by atoms with Crippen molar-refractivity contribution in [3.63, 3.8) is 0 Å². The molecule has 2 aromatic carbocycles. The number of aromatic hydroxyl groups is 1. The molecule has 0 radical (unpaired) electrons. The molecule has 3 rings (SSSR count). The van der Waals surface area contributed by atoms with Gasteiger partial charge in [-0.2, -0.15) is 5.10 Å². The van der Waals surface area contributed by atoms with Gasteiger partial charge in [0.15, 0.2) is 0 Å². The van der Waals surface area contributed by atoms with Crippen molar-refractivity contribution in [3.8, 4) is 5.75 Å². The summed E-state index contributed by atoms with van der Waals surface area (Å²) in [5, 5.41) is 15.7. The van der Waals surface area contributed by atoms with E-state index < -0.39 is 11.5 Å². The Morgan fingerprint density at radius 1 is 1.28 bits per heavy atom. The van der Waals surface area contributed by atoms with Crippen molar-refractivity contribution < 1.29 is 9.90 Å². The number of aromatic nitrogens is 1. The maximum absolute atomic E-state index is 12.1. The fourth-order valence-electron chi connectivity index (χ4n) is 2.43. The van der Waals surface area contributed by atoms with E-state index in [1.165, 1.54) is 16.8 Å². The van der Waals surface area contributed by atoms with E-state index >= 15 is 0 Å². The van der Waals surface area contributed by atoms with E-state index in [9.17, 15) is 14.7 Å². The van der Waals surface area contributed by atoms with Crippen molar-refractivity contribution >= 4 is 38.8 Å².